The quantitative estimate of drug-likeness (QED) is 0.275. The molecule has 0 unspecified atom stereocenters. The molecule has 0 bridgehead atoms. The van der Waals surface area contributed by atoms with Gasteiger partial charge < -0.3 is 26.2 Å². The zero-order valence-electron chi connectivity index (χ0n) is 22.7. The first-order valence-electron chi connectivity index (χ1n) is 13.9. The molecule has 222 valence electrons. The number of aromatic nitrogens is 2. The Hall–Kier alpha value is -3.45. The number of aryl methyl sites for hydroxylation is 1. The van der Waals surface area contributed by atoms with Crippen LogP contribution in [0.15, 0.2) is 30.5 Å². The lowest BCUT2D eigenvalue weighted by Crippen LogP contribution is -2.57. The number of carbonyl (C=O) groups is 3. The molecule has 0 saturated heterocycles. The summed E-state index contributed by atoms with van der Waals surface area (Å²) in [5, 5.41) is 30.7. The molecule has 3 aliphatic carbocycles. The lowest BCUT2D eigenvalue weighted by molar-refractivity contribution is -0.329. The van der Waals surface area contributed by atoms with E-state index in [0.717, 1.165) is 25.7 Å². The Kier molecular flexibility index (Phi) is 7.62. The van der Waals surface area contributed by atoms with Crippen molar-refractivity contribution in [2.75, 3.05) is 5.32 Å². The number of hydrogen-bond acceptors (Lipinski definition) is 6. The van der Waals surface area contributed by atoms with Gasteiger partial charge in [-0.05, 0) is 99.5 Å². The molecule has 2 atom stereocenters. The summed E-state index contributed by atoms with van der Waals surface area (Å²) in [6.07, 6.45) is 0.676. The fourth-order valence-electron chi connectivity index (χ4n) is 5.80. The number of fused-ring (bicyclic) bond motifs is 1. The number of halogens is 3. The molecule has 2 aromatic rings. The van der Waals surface area contributed by atoms with Crippen molar-refractivity contribution in [1.29, 1.82) is 0 Å². The Morgan fingerprint density at radius 3 is 2.27 bits per heavy atom. The minimum atomic E-state index is -5.55. The van der Waals surface area contributed by atoms with Crippen molar-refractivity contribution in [2.45, 2.75) is 82.5 Å². The van der Waals surface area contributed by atoms with Crippen molar-refractivity contribution in [1.82, 2.24) is 20.4 Å². The predicted molar refractivity (Wildman–Crippen MR) is 140 cm³/mol. The molecule has 5 rings (SSSR count). The zero-order valence-corrected chi connectivity index (χ0v) is 22.7. The second-order valence-electron chi connectivity index (χ2n) is 11.6. The van der Waals surface area contributed by atoms with Crippen LogP contribution in [0.4, 0.5) is 18.9 Å². The first-order chi connectivity index (χ1) is 19.3. The van der Waals surface area contributed by atoms with Crippen molar-refractivity contribution in [3.8, 4) is 0 Å². The van der Waals surface area contributed by atoms with E-state index in [0.29, 0.717) is 40.8 Å². The molecule has 2 fully saturated rings. The van der Waals surface area contributed by atoms with Crippen LogP contribution in [0.5, 0.6) is 0 Å². The molecule has 1 heterocycles. The van der Waals surface area contributed by atoms with Gasteiger partial charge >= 0.3 is 12.0 Å². The second-order valence-corrected chi connectivity index (χ2v) is 11.6. The van der Waals surface area contributed by atoms with Crippen LogP contribution in [0.25, 0.3) is 0 Å². The molecule has 0 radical (unpaired) electrons. The minimum Gasteiger partial charge on any atom is -0.351 e. The van der Waals surface area contributed by atoms with Crippen LogP contribution in [0.3, 0.4) is 0 Å². The van der Waals surface area contributed by atoms with Gasteiger partial charge in [-0.3, -0.25) is 19.1 Å². The highest BCUT2D eigenvalue weighted by atomic mass is 19.4. The van der Waals surface area contributed by atoms with Crippen LogP contribution in [0.2, 0.25) is 0 Å². The number of benzene rings is 1. The maximum Gasteiger partial charge on any atom is 0.453 e. The Bertz CT molecular complexity index is 1320. The summed E-state index contributed by atoms with van der Waals surface area (Å²) in [6.45, 7) is 3.82. The number of carbonyl (C=O) groups excluding carboxylic acids is 3. The summed E-state index contributed by atoms with van der Waals surface area (Å²) < 4.78 is 40.1. The standard InChI is InChI=1S/C28H34F3N5O5/c1-14(2)36-21(11-12-32-36)24(37)35-23(22(15-3-4-15)16-5-6-16)25(38)33-18-8-9-19-17(13-18)7-10-20(19)34-26(39)27(40,41)28(29,30)31/h8-9,11-16,20,22-23,40-41H,3-7,10H2,1-2H3,(H,33,38)(H,34,39)(H,35,37)/t20-,23+/m1/s1. The summed E-state index contributed by atoms with van der Waals surface area (Å²) in [5.74, 6) is -6.46. The first kappa shape index (κ1) is 29.1. The third-order valence-corrected chi connectivity index (χ3v) is 8.18. The zero-order chi connectivity index (χ0) is 29.7. The van der Waals surface area contributed by atoms with Gasteiger partial charge in [0, 0.05) is 17.9 Å². The van der Waals surface area contributed by atoms with Gasteiger partial charge in [0.2, 0.25) is 5.91 Å². The molecule has 1 aromatic heterocycles. The highest BCUT2D eigenvalue weighted by molar-refractivity contribution is 6.01. The average Bonchev–Trinajstić information content (AvgIpc) is 3.83. The van der Waals surface area contributed by atoms with E-state index < -0.39 is 30.0 Å². The van der Waals surface area contributed by atoms with Crippen LogP contribution in [-0.4, -0.2) is 55.7 Å². The normalized spacial score (nSPS) is 19.7. The molecule has 10 nitrogen and oxygen atoms in total. The fourth-order valence-corrected chi connectivity index (χ4v) is 5.80. The summed E-state index contributed by atoms with van der Waals surface area (Å²) in [5.41, 5.74) is 2.04. The van der Waals surface area contributed by atoms with Crippen LogP contribution in [-0.2, 0) is 16.0 Å². The molecule has 0 spiro atoms. The smallest absolute Gasteiger partial charge is 0.351 e. The molecule has 0 aliphatic heterocycles. The van der Waals surface area contributed by atoms with E-state index in [9.17, 15) is 37.8 Å². The monoisotopic (exact) mass is 577 g/mol. The van der Waals surface area contributed by atoms with Gasteiger partial charge in [0.05, 0.1) is 6.04 Å². The van der Waals surface area contributed by atoms with Gasteiger partial charge in [-0.15, -0.1) is 0 Å². The van der Waals surface area contributed by atoms with Crippen LogP contribution >= 0.6 is 0 Å². The van der Waals surface area contributed by atoms with E-state index in [1.54, 1.807) is 35.1 Å². The number of alkyl halides is 3. The van der Waals surface area contributed by atoms with Crippen molar-refractivity contribution in [3.05, 3.63) is 47.3 Å². The van der Waals surface area contributed by atoms with Gasteiger partial charge in [0.15, 0.2) is 0 Å². The number of amides is 3. The van der Waals surface area contributed by atoms with E-state index >= 15 is 0 Å². The van der Waals surface area contributed by atoms with E-state index in [1.807, 2.05) is 13.8 Å². The molecular formula is C28H34F3N5O5. The molecule has 3 amide bonds. The highest BCUT2D eigenvalue weighted by Gasteiger charge is 2.59. The van der Waals surface area contributed by atoms with E-state index in [-0.39, 0.29) is 30.2 Å². The van der Waals surface area contributed by atoms with E-state index in [2.05, 4.69) is 21.0 Å². The minimum absolute atomic E-state index is 0.00857. The van der Waals surface area contributed by atoms with Gasteiger partial charge in [-0.25, -0.2) is 0 Å². The number of nitrogens with zero attached hydrogens (tertiary/aromatic N) is 2. The van der Waals surface area contributed by atoms with Gasteiger partial charge in [0.25, 0.3) is 11.8 Å². The second kappa shape index (κ2) is 10.8. The summed E-state index contributed by atoms with van der Waals surface area (Å²) in [7, 11) is 0. The first-order valence-corrected chi connectivity index (χ1v) is 13.9. The molecule has 1 aromatic carbocycles. The number of hydrogen-bond donors (Lipinski definition) is 5. The fraction of sp³-hybridized carbons (Fsp3) is 0.571. The average molecular weight is 578 g/mol. The van der Waals surface area contributed by atoms with Gasteiger partial charge in [-0.2, -0.15) is 18.3 Å². The van der Waals surface area contributed by atoms with Crippen molar-refractivity contribution >= 4 is 23.4 Å². The number of nitrogens with one attached hydrogen (secondary N) is 3. The Labute approximate surface area is 234 Å². The maximum atomic E-state index is 13.7. The van der Waals surface area contributed by atoms with Crippen molar-refractivity contribution in [2.24, 2.45) is 17.8 Å². The number of rotatable bonds is 10. The lowest BCUT2D eigenvalue weighted by atomic mass is 9.88. The van der Waals surface area contributed by atoms with Gasteiger partial charge in [0.1, 0.15) is 11.7 Å². The largest absolute Gasteiger partial charge is 0.453 e. The third-order valence-electron chi connectivity index (χ3n) is 8.18. The molecule has 3 aliphatic rings. The Morgan fingerprint density at radius 2 is 1.68 bits per heavy atom. The van der Waals surface area contributed by atoms with E-state index in [1.165, 1.54) is 0 Å². The number of aliphatic hydroxyl groups is 2. The summed E-state index contributed by atoms with van der Waals surface area (Å²) in [6, 6.07) is 4.81. The molecule has 5 N–H and O–H groups in total. The van der Waals surface area contributed by atoms with Crippen molar-refractivity contribution < 1.29 is 37.8 Å². The topological polar surface area (TPSA) is 146 Å². The van der Waals surface area contributed by atoms with Crippen LogP contribution < -0.4 is 16.0 Å². The summed E-state index contributed by atoms with van der Waals surface area (Å²) in [4.78, 5) is 38.9. The molecular weight excluding hydrogens is 543 g/mol. The Morgan fingerprint density at radius 1 is 1.02 bits per heavy atom. The number of anilines is 1. The predicted octanol–water partition coefficient (Wildman–Crippen LogP) is 2.98. The molecule has 41 heavy (non-hydrogen) atoms. The third kappa shape index (κ3) is 5.96. The van der Waals surface area contributed by atoms with Crippen LogP contribution in [0, 0.1) is 17.8 Å². The molecule has 13 heteroatoms. The lowest BCUT2D eigenvalue weighted by Gasteiger charge is -2.28. The maximum absolute atomic E-state index is 13.7. The molecule has 2 saturated carbocycles. The SMILES string of the molecule is CC(C)n1nccc1C(=O)N[C@H](C(=O)Nc1ccc2c(c1)CC[C@H]2NC(=O)C(O)(O)C(F)(F)F)C(C1CC1)C1CC1. The highest BCUT2D eigenvalue weighted by Crippen LogP contribution is 2.51. The summed E-state index contributed by atoms with van der Waals surface area (Å²) >= 11 is 0. The van der Waals surface area contributed by atoms with Crippen LogP contribution in [0.1, 0.15) is 79.7 Å². The van der Waals surface area contributed by atoms with Gasteiger partial charge in [-0.1, -0.05) is 6.07 Å². The van der Waals surface area contributed by atoms with E-state index in [4.69, 9.17) is 0 Å². The Balaban J connectivity index is 1.31. The van der Waals surface area contributed by atoms with Crippen molar-refractivity contribution in [3.63, 3.8) is 0 Å².